The van der Waals surface area contributed by atoms with E-state index < -0.39 is 11.2 Å². The molecular weight excluding hydrogens is 426 g/mol. The monoisotopic (exact) mass is 463 g/mol. The number of aromatic nitrogens is 2. The Balaban J connectivity index is 1.92. The van der Waals surface area contributed by atoms with Crippen molar-refractivity contribution in [1.29, 1.82) is 0 Å². The number of anilines is 2. The van der Waals surface area contributed by atoms with Crippen molar-refractivity contribution in [2.75, 3.05) is 36.9 Å². The van der Waals surface area contributed by atoms with Gasteiger partial charge in [-0.05, 0) is 44.9 Å². The lowest BCUT2D eigenvalue weighted by Gasteiger charge is -2.32. The van der Waals surface area contributed by atoms with Crippen LogP contribution in [0.1, 0.15) is 65.2 Å². The molecule has 2 fully saturated rings. The fraction of sp³-hybridized carbons (Fsp3) is 0.739. The lowest BCUT2D eigenvalue weighted by atomic mass is 10.1. The number of hydrogen-bond donors (Lipinski definition) is 2. The number of hydrogen-bond acceptors (Lipinski definition) is 7. The number of H-pyrrole nitrogens is 1. The second-order valence-corrected chi connectivity index (χ2v) is 9.12. The maximum absolute atomic E-state index is 13.6. The maximum atomic E-state index is 13.6. The minimum absolute atomic E-state index is 0.0151. The van der Waals surface area contributed by atoms with Crippen molar-refractivity contribution in [3.8, 4) is 0 Å². The van der Waals surface area contributed by atoms with Gasteiger partial charge in [0.15, 0.2) is 5.69 Å². The van der Waals surface area contributed by atoms with E-state index in [0.29, 0.717) is 19.0 Å². The van der Waals surface area contributed by atoms with E-state index in [4.69, 9.17) is 10.5 Å². The van der Waals surface area contributed by atoms with Gasteiger partial charge >= 0.3 is 11.7 Å². The van der Waals surface area contributed by atoms with Gasteiger partial charge in [-0.2, -0.15) is 0 Å². The Morgan fingerprint density at radius 2 is 1.82 bits per heavy atom. The first-order valence-corrected chi connectivity index (χ1v) is 12.2. The minimum Gasteiger partial charge on any atom is -0.465 e. The topological polar surface area (TPSA) is 131 Å². The fourth-order valence-electron chi connectivity index (χ4n) is 4.53. The summed E-state index contributed by atoms with van der Waals surface area (Å²) in [4.78, 5) is 56.7. The number of esters is 1. The first-order chi connectivity index (χ1) is 15.8. The Labute approximate surface area is 194 Å². The molecule has 2 aliphatic carbocycles. The van der Waals surface area contributed by atoms with E-state index in [1.54, 1.807) is 11.8 Å². The number of ether oxygens (including phenoxy) is 1. The molecule has 10 nitrogen and oxygen atoms in total. The van der Waals surface area contributed by atoms with Crippen molar-refractivity contribution in [3.63, 3.8) is 0 Å². The largest absolute Gasteiger partial charge is 0.465 e. The fourth-order valence-corrected chi connectivity index (χ4v) is 4.53. The van der Waals surface area contributed by atoms with Crippen LogP contribution in [0.4, 0.5) is 11.5 Å². The summed E-state index contributed by atoms with van der Waals surface area (Å²) in [6.07, 6.45) is 7.17. The van der Waals surface area contributed by atoms with Gasteiger partial charge < -0.3 is 15.4 Å². The summed E-state index contributed by atoms with van der Waals surface area (Å²) in [6.45, 7) is 5.04. The van der Waals surface area contributed by atoms with Gasteiger partial charge in [-0.25, -0.2) is 4.79 Å². The van der Waals surface area contributed by atoms with E-state index in [-0.39, 0.29) is 49.1 Å². The number of nitrogens with zero attached hydrogens (tertiary/aromatic N) is 3. The van der Waals surface area contributed by atoms with E-state index in [9.17, 15) is 19.2 Å². The van der Waals surface area contributed by atoms with Crippen LogP contribution in [-0.2, 0) is 20.9 Å². The van der Waals surface area contributed by atoms with Crippen molar-refractivity contribution in [2.24, 2.45) is 5.92 Å². The maximum Gasteiger partial charge on any atom is 0.330 e. The van der Waals surface area contributed by atoms with Gasteiger partial charge in [-0.15, -0.1) is 0 Å². The zero-order valence-electron chi connectivity index (χ0n) is 19.8. The molecule has 0 saturated heterocycles. The number of rotatable bonds is 12. The van der Waals surface area contributed by atoms with Crippen LogP contribution in [0, 0.1) is 5.92 Å². The van der Waals surface area contributed by atoms with E-state index in [2.05, 4.69) is 4.98 Å². The highest BCUT2D eigenvalue weighted by atomic mass is 16.5. The lowest BCUT2D eigenvalue weighted by molar-refractivity contribution is -0.144. The number of nitrogen functional groups attached to an aromatic ring is 1. The molecule has 2 saturated carbocycles. The van der Waals surface area contributed by atoms with Gasteiger partial charge in [0, 0.05) is 19.1 Å². The summed E-state index contributed by atoms with van der Waals surface area (Å²) < 4.78 is 6.43. The van der Waals surface area contributed by atoms with Crippen molar-refractivity contribution in [3.05, 3.63) is 20.8 Å². The summed E-state index contributed by atoms with van der Waals surface area (Å²) in [7, 11) is 0. The van der Waals surface area contributed by atoms with Gasteiger partial charge in [0.25, 0.3) is 5.56 Å². The third kappa shape index (κ3) is 6.46. The molecule has 3 N–H and O–H groups in total. The molecule has 0 radical (unpaired) electrons. The molecule has 1 heterocycles. The molecule has 0 unspecified atom stereocenters. The molecule has 184 valence electrons. The van der Waals surface area contributed by atoms with Crippen molar-refractivity contribution in [2.45, 2.75) is 77.8 Å². The first-order valence-electron chi connectivity index (χ1n) is 12.2. The number of nitrogens with two attached hydrogens (primary N) is 1. The zero-order valence-corrected chi connectivity index (χ0v) is 19.8. The van der Waals surface area contributed by atoms with Gasteiger partial charge in [0.05, 0.1) is 19.7 Å². The summed E-state index contributed by atoms with van der Waals surface area (Å²) in [5.74, 6) is -0.165. The summed E-state index contributed by atoms with van der Waals surface area (Å²) >= 11 is 0. The first kappa shape index (κ1) is 25.0. The standard InChI is InChI=1S/C23H37N5O5/c1-3-5-12-27-21(24)20(22(31)25-23(27)32)28(17-8-6-7-9-17)18(29)14-26(13-16-10-11-16)15-19(30)33-4-2/h16-17H,3-15,24H2,1-2H3,(H,25,31,32). The second kappa shape index (κ2) is 11.5. The van der Waals surface area contributed by atoms with Crippen LogP contribution in [0.2, 0.25) is 0 Å². The zero-order chi connectivity index (χ0) is 24.0. The molecule has 0 atom stereocenters. The van der Waals surface area contributed by atoms with Crippen LogP contribution >= 0.6 is 0 Å². The number of carbonyl (C=O) groups excluding carboxylic acids is 2. The Morgan fingerprint density at radius 3 is 2.42 bits per heavy atom. The highest BCUT2D eigenvalue weighted by Gasteiger charge is 2.34. The lowest BCUT2D eigenvalue weighted by Crippen LogP contribution is -2.50. The van der Waals surface area contributed by atoms with Gasteiger partial charge in [0.1, 0.15) is 5.82 Å². The van der Waals surface area contributed by atoms with Crippen molar-refractivity contribution >= 4 is 23.4 Å². The smallest absolute Gasteiger partial charge is 0.330 e. The average Bonchev–Trinajstić information content (AvgIpc) is 3.40. The molecule has 0 aliphatic heterocycles. The number of carbonyl (C=O) groups is 2. The molecule has 0 spiro atoms. The normalized spacial score (nSPS) is 16.3. The van der Waals surface area contributed by atoms with Crippen LogP contribution in [0.15, 0.2) is 9.59 Å². The Hall–Kier alpha value is -2.62. The van der Waals surface area contributed by atoms with Crippen LogP contribution in [0.25, 0.3) is 0 Å². The van der Waals surface area contributed by atoms with Crippen molar-refractivity contribution < 1.29 is 14.3 Å². The number of aromatic amines is 1. The Morgan fingerprint density at radius 1 is 1.12 bits per heavy atom. The quantitative estimate of drug-likeness (QED) is 0.449. The summed E-state index contributed by atoms with van der Waals surface area (Å²) in [5, 5.41) is 0. The molecule has 10 heteroatoms. The predicted molar refractivity (Wildman–Crippen MR) is 126 cm³/mol. The molecule has 3 rings (SSSR count). The third-order valence-electron chi connectivity index (χ3n) is 6.38. The van der Waals surface area contributed by atoms with Gasteiger partial charge in [0.2, 0.25) is 5.91 Å². The molecular formula is C23H37N5O5. The van der Waals surface area contributed by atoms with Gasteiger partial charge in [-0.3, -0.25) is 28.8 Å². The molecule has 1 amide bonds. The highest BCUT2D eigenvalue weighted by Crippen LogP contribution is 2.31. The van der Waals surface area contributed by atoms with Gasteiger partial charge in [-0.1, -0.05) is 26.2 Å². The van der Waals surface area contributed by atoms with Crippen LogP contribution in [0.5, 0.6) is 0 Å². The number of unbranched alkanes of at least 4 members (excludes halogenated alkanes) is 1. The van der Waals surface area contributed by atoms with Crippen LogP contribution in [0.3, 0.4) is 0 Å². The average molecular weight is 464 g/mol. The Kier molecular flexibility index (Phi) is 8.71. The molecule has 0 aromatic carbocycles. The van der Waals surface area contributed by atoms with Crippen LogP contribution in [-0.4, -0.2) is 58.6 Å². The SMILES string of the molecule is CCCCn1c(N)c(N(C(=O)CN(CC(=O)OCC)CC2CC2)C2CCCC2)c(=O)[nH]c1=O. The number of nitrogens with one attached hydrogen (secondary N) is 1. The Bertz CT molecular complexity index is 946. The summed E-state index contributed by atoms with van der Waals surface area (Å²) in [5.41, 5.74) is 5.17. The highest BCUT2D eigenvalue weighted by molar-refractivity contribution is 5.97. The van der Waals surface area contributed by atoms with E-state index >= 15 is 0 Å². The molecule has 0 bridgehead atoms. The van der Waals surface area contributed by atoms with Crippen molar-refractivity contribution in [1.82, 2.24) is 14.5 Å². The van der Waals surface area contributed by atoms with E-state index in [1.165, 1.54) is 9.47 Å². The second-order valence-electron chi connectivity index (χ2n) is 9.12. The predicted octanol–water partition coefficient (Wildman–Crippen LogP) is 1.47. The number of amides is 1. The molecule has 1 aromatic heterocycles. The molecule has 2 aliphatic rings. The van der Waals surface area contributed by atoms with E-state index in [0.717, 1.165) is 51.4 Å². The summed E-state index contributed by atoms with van der Waals surface area (Å²) in [6, 6.07) is -0.164. The minimum atomic E-state index is -0.648. The van der Waals surface area contributed by atoms with Crippen LogP contribution < -0.4 is 21.9 Å². The molecule has 1 aromatic rings. The molecule has 33 heavy (non-hydrogen) atoms. The van der Waals surface area contributed by atoms with E-state index in [1.807, 2.05) is 6.92 Å². The third-order valence-corrected chi connectivity index (χ3v) is 6.38.